The second-order valence-electron chi connectivity index (χ2n) is 6.95. The summed E-state index contributed by atoms with van der Waals surface area (Å²) in [5, 5.41) is 0. The number of anilines is 1. The molecule has 1 saturated heterocycles. The summed E-state index contributed by atoms with van der Waals surface area (Å²) in [5.41, 5.74) is 6.96. The zero-order valence-electron chi connectivity index (χ0n) is 14.7. The molecule has 2 aliphatic rings. The summed E-state index contributed by atoms with van der Waals surface area (Å²) >= 11 is 0. The van der Waals surface area contributed by atoms with Crippen LogP contribution < -0.4 is 5.73 Å². The number of nitrogen functional groups attached to an aromatic ring is 1. The van der Waals surface area contributed by atoms with E-state index < -0.39 is 0 Å². The van der Waals surface area contributed by atoms with Crippen LogP contribution in [0, 0.1) is 5.92 Å². The average molecular weight is 366 g/mol. The summed E-state index contributed by atoms with van der Waals surface area (Å²) in [6, 6.07) is 7.16. The Morgan fingerprint density at radius 2 is 1.60 bits per heavy atom. The van der Waals surface area contributed by atoms with Crippen LogP contribution in [0.5, 0.6) is 0 Å². The molecule has 25 heavy (non-hydrogen) atoms. The molecule has 0 radical (unpaired) electrons. The lowest BCUT2D eigenvalue weighted by Crippen LogP contribution is -2.50. The highest BCUT2D eigenvalue weighted by molar-refractivity contribution is 5.99. The maximum absolute atomic E-state index is 12.5. The largest absolute Gasteiger partial charge is 0.398 e. The predicted molar refractivity (Wildman–Crippen MR) is 102 cm³/mol. The summed E-state index contributed by atoms with van der Waals surface area (Å²) in [5.74, 6) is 0.956. The summed E-state index contributed by atoms with van der Waals surface area (Å²) in [4.78, 5) is 28.6. The first-order valence-corrected chi connectivity index (χ1v) is 9.06. The van der Waals surface area contributed by atoms with E-state index in [2.05, 4.69) is 0 Å². The number of hydrogen-bond acceptors (Lipinski definition) is 3. The van der Waals surface area contributed by atoms with Gasteiger partial charge in [0.2, 0.25) is 5.91 Å². The van der Waals surface area contributed by atoms with E-state index in [0.29, 0.717) is 43.9 Å². The van der Waals surface area contributed by atoms with E-state index in [0.717, 1.165) is 12.3 Å². The minimum Gasteiger partial charge on any atom is -0.398 e. The summed E-state index contributed by atoms with van der Waals surface area (Å²) < 4.78 is 0. The van der Waals surface area contributed by atoms with Gasteiger partial charge >= 0.3 is 0 Å². The number of rotatable bonds is 4. The maximum atomic E-state index is 12.5. The number of carbonyl (C=O) groups excluding carboxylic acids is 2. The molecule has 2 amide bonds. The van der Waals surface area contributed by atoms with Crippen molar-refractivity contribution in [2.24, 2.45) is 5.92 Å². The Kier molecular flexibility index (Phi) is 7.12. The first kappa shape index (κ1) is 19.6. The van der Waals surface area contributed by atoms with Gasteiger partial charge in [0.05, 0.1) is 5.56 Å². The molecular formula is C19H28ClN3O2. The number of carbonyl (C=O) groups is 2. The Hall–Kier alpha value is -1.75. The highest BCUT2D eigenvalue weighted by atomic mass is 35.5. The van der Waals surface area contributed by atoms with Crippen molar-refractivity contribution >= 4 is 29.9 Å². The highest BCUT2D eigenvalue weighted by Gasteiger charge is 2.26. The highest BCUT2D eigenvalue weighted by Crippen LogP contribution is 2.28. The molecule has 2 N–H and O–H groups in total. The molecule has 0 aromatic heterocycles. The van der Waals surface area contributed by atoms with Crippen molar-refractivity contribution in [1.82, 2.24) is 9.80 Å². The van der Waals surface area contributed by atoms with Crippen molar-refractivity contribution < 1.29 is 9.59 Å². The van der Waals surface area contributed by atoms with Crippen LogP contribution in [0.25, 0.3) is 0 Å². The fourth-order valence-corrected chi connectivity index (χ4v) is 3.81. The van der Waals surface area contributed by atoms with Crippen molar-refractivity contribution in [2.45, 2.75) is 38.5 Å². The van der Waals surface area contributed by atoms with Crippen molar-refractivity contribution in [3.05, 3.63) is 29.8 Å². The molecule has 0 atom stereocenters. The van der Waals surface area contributed by atoms with Crippen molar-refractivity contribution in [3.63, 3.8) is 0 Å². The Balaban J connectivity index is 0.00000225. The van der Waals surface area contributed by atoms with Crippen LogP contribution in [-0.2, 0) is 4.79 Å². The van der Waals surface area contributed by atoms with Crippen LogP contribution in [0.3, 0.4) is 0 Å². The number of halogens is 1. The minimum atomic E-state index is -0.0360. The number of nitrogens with two attached hydrogens (primary N) is 1. The van der Waals surface area contributed by atoms with E-state index in [9.17, 15) is 9.59 Å². The molecule has 1 aliphatic carbocycles. The van der Waals surface area contributed by atoms with Crippen LogP contribution in [0.1, 0.15) is 48.9 Å². The summed E-state index contributed by atoms with van der Waals surface area (Å²) in [7, 11) is 0. The normalized spacial score (nSPS) is 18.1. The standard InChI is InChI=1S/C19H27N3O2.ClH/c20-17-8-4-3-7-16(17)19(24)22-13-11-21(12-14-22)18(23)10-9-15-5-1-2-6-15;/h3-4,7-8,15H,1-2,5-6,9-14,20H2;1H. The molecule has 1 saturated carbocycles. The molecule has 138 valence electrons. The number of hydrogen-bond donors (Lipinski definition) is 1. The van der Waals surface area contributed by atoms with Gasteiger partial charge in [0, 0.05) is 38.3 Å². The van der Waals surface area contributed by atoms with Crippen LogP contribution in [0.4, 0.5) is 5.69 Å². The number of benzene rings is 1. The number of nitrogens with zero attached hydrogens (tertiary/aromatic N) is 2. The molecule has 1 heterocycles. The van der Waals surface area contributed by atoms with Gasteiger partial charge in [0.15, 0.2) is 0 Å². The van der Waals surface area contributed by atoms with Crippen LogP contribution in [0.2, 0.25) is 0 Å². The molecule has 5 nitrogen and oxygen atoms in total. The van der Waals surface area contributed by atoms with Gasteiger partial charge in [-0.3, -0.25) is 9.59 Å². The first-order chi connectivity index (χ1) is 11.6. The number of amides is 2. The molecule has 2 fully saturated rings. The molecule has 1 aromatic carbocycles. The summed E-state index contributed by atoms with van der Waals surface area (Å²) in [6.07, 6.45) is 6.90. The average Bonchev–Trinajstić information content (AvgIpc) is 3.13. The second-order valence-corrected chi connectivity index (χ2v) is 6.95. The van der Waals surface area contributed by atoms with Crippen LogP contribution in [0.15, 0.2) is 24.3 Å². The second kappa shape index (κ2) is 9.09. The smallest absolute Gasteiger partial charge is 0.256 e. The predicted octanol–water partition coefficient (Wildman–Crippen LogP) is 2.95. The zero-order valence-corrected chi connectivity index (χ0v) is 15.5. The van der Waals surface area contributed by atoms with Crippen molar-refractivity contribution in [3.8, 4) is 0 Å². The Morgan fingerprint density at radius 3 is 2.24 bits per heavy atom. The molecule has 0 spiro atoms. The third kappa shape index (κ3) is 4.88. The molecular weight excluding hydrogens is 338 g/mol. The van der Waals surface area contributed by atoms with E-state index in [1.807, 2.05) is 17.0 Å². The molecule has 1 aliphatic heterocycles. The van der Waals surface area contributed by atoms with Gasteiger partial charge in [-0.2, -0.15) is 0 Å². The lowest BCUT2D eigenvalue weighted by molar-refractivity contribution is -0.133. The van der Waals surface area contributed by atoms with Gasteiger partial charge in [0.25, 0.3) is 5.91 Å². The van der Waals surface area contributed by atoms with E-state index in [1.165, 1.54) is 25.7 Å². The number of para-hydroxylation sites is 1. The van der Waals surface area contributed by atoms with E-state index in [-0.39, 0.29) is 24.2 Å². The van der Waals surface area contributed by atoms with E-state index in [1.54, 1.807) is 17.0 Å². The maximum Gasteiger partial charge on any atom is 0.256 e. The van der Waals surface area contributed by atoms with Crippen molar-refractivity contribution in [2.75, 3.05) is 31.9 Å². The van der Waals surface area contributed by atoms with Crippen LogP contribution in [-0.4, -0.2) is 47.8 Å². The Labute approximate surface area is 155 Å². The van der Waals surface area contributed by atoms with E-state index in [4.69, 9.17) is 5.73 Å². The first-order valence-electron chi connectivity index (χ1n) is 9.06. The fourth-order valence-electron chi connectivity index (χ4n) is 3.81. The van der Waals surface area contributed by atoms with E-state index >= 15 is 0 Å². The third-order valence-corrected chi connectivity index (χ3v) is 5.35. The van der Waals surface area contributed by atoms with Gasteiger partial charge in [-0.1, -0.05) is 37.8 Å². The number of piperazine rings is 1. The lowest BCUT2D eigenvalue weighted by atomic mass is 10.0. The SMILES string of the molecule is Cl.Nc1ccccc1C(=O)N1CCN(C(=O)CCC2CCCC2)CC1. The molecule has 0 unspecified atom stereocenters. The van der Waals surface area contributed by atoms with Gasteiger partial charge in [-0.25, -0.2) is 0 Å². The monoisotopic (exact) mass is 365 g/mol. The summed E-state index contributed by atoms with van der Waals surface area (Å²) in [6.45, 7) is 2.43. The van der Waals surface area contributed by atoms with Crippen molar-refractivity contribution in [1.29, 1.82) is 0 Å². The van der Waals surface area contributed by atoms with Gasteiger partial charge in [-0.15, -0.1) is 12.4 Å². The fraction of sp³-hybridized carbons (Fsp3) is 0.579. The molecule has 1 aromatic rings. The van der Waals surface area contributed by atoms with Gasteiger partial charge < -0.3 is 15.5 Å². The molecule has 3 rings (SSSR count). The Bertz CT molecular complexity index is 594. The topological polar surface area (TPSA) is 66.6 Å². The van der Waals surface area contributed by atoms with Gasteiger partial charge in [0.1, 0.15) is 0 Å². The minimum absolute atomic E-state index is 0. The van der Waals surface area contributed by atoms with Gasteiger partial charge in [-0.05, 0) is 24.5 Å². The zero-order chi connectivity index (χ0) is 16.9. The third-order valence-electron chi connectivity index (χ3n) is 5.35. The molecule has 6 heteroatoms. The Morgan fingerprint density at radius 1 is 1.00 bits per heavy atom. The molecule has 0 bridgehead atoms. The lowest BCUT2D eigenvalue weighted by Gasteiger charge is -2.35. The van der Waals surface area contributed by atoms with Crippen LogP contribution >= 0.6 is 12.4 Å². The quantitative estimate of drug-likeness (QED) is 0.834.